The van der Waals surface area contributed by atoms with Gasteiger partial charge < -0.3 is 9.84 Å². The molecule has 1 aromatic carbocycles. The van der Waals surface area contributed by atoms with Crippen LogP contribution in [0.5, 0.6) is 5.75 Å². The largest absolute Gasteiger partial charge is 0.573 e. The summed E-state index contributed by atoms with van der Waals surface area (Å²) < 4.78 is 41.1. The summed E-state index contributed by atoms with van der Waals surface area (Å²) in [6, 6.07) is 5.84. The first kappa shape index (κ1) is 15.2. The second-order valence-corrected chi connectivity index (χ2v) is 5.55. The molecule has 1 aromatic rings. The Morgan fingerprint density at radius 1 is 1.15 bits per heavy atom. The Morgan fingerprint density at radius 2 is 1.75 bits per heavy atom. The van der Waals surface area contributed by atoms with E-state index in [1.807, 2.05) is 0 Å². The van der Waals surface area contributed by atoms with E-state index in [4.69, 9.17) is 0 Å². The summed E-state index contributed by atoms with van der Waals surface area (Å²) in [4.78, 5) is 0. The summed E-state index contributed by atoms with van der Waals surface area (Å²) in [7, 11) is 0. The van der Waals surface area contributed by atoms with Crippen LogP contribution in [-0.4, -0.2) is 11.5 Å². The molecule has 0 bridgehead atoms. The van der Waals surface area contributed by atoms with Crippen molar-refractivity contribution in [1.29, 1.82) is 0 Å². The highest BCUT2D eigenvalue weighted by molar-refractivity contribution is 5.35. The average molecular weight is 288 g/mol. The van der Waals surface area contributed by atoms with E-state index < -0.39 is 12.5 Å². The van der Waals surface area contributed by atoms with Gasteiger partial charge in [-0.15, -0.1) is 13.2 Å². The minimum atomic E-state index is -4.74. The summed E-state index contributed by atoms with van der Waals surface area (Å²) in [6.45, 7) is 2.16. The third kappa shape index (κ3) is 3.88. The van der Waals surface area contributed by atoms with Gasteiger partial charge in [0, 0.05) is 5.56 Å². The van der Waals surface area contributed by atoms with Crippen LogP contribution < -0.4 is 4.74 Å². The van der Waals surface area contributed by atoms with Gasteiger partial charge in [-0.2, -0.15) is 0 Å². The van der Waals surface area contributed by atoms with Crippen molar-refractivity contribution in [3.63, 3.8) is 0 Å². The van der Waals surface area contributed by atoms with Crippen molar-refractivity contribution in [2.24, 2.45) is 11.8 Å². The van der Waals surface area contributed by atoms with Gasteiger partial charge in [0.1, 0.15) is 5.75 Å². The van der Waals surface area contributed by atoms with Crippen LogP contribution in [0.15, 0.2) is 24.3 Å². The third-order valence-corrected chi connectivity index (χ3v) is 3.97. The number of rotatable bonds is 3. The highest BCUT2D eigenvalue weighted by Crippen LogP contribution is 2.40. The van der Waals surface area contributed by atoms with Crippen LogP contribution in [0, 0.1) is 11.8 Å². The van der Waals surface area contributed by atoms with Crippen molar-refractivity contribution in [2.75, 3.05) is 0 Å². The van der Waals surface area contributed by atoms with E-state index >= 15 is 0 Å². The lowest BCUT2D eigenvalue weighted by Gasteiger charge is -2.30. The van der Waals surface area contributed by atoms with Crippen molar-refractivity contribution < 1.29 is 23.0 Å². The maximum Gasteiger partial charge on any atom is 0.573 e. The summed E-state index contributed by atoms with van der Waals surface area (Å²) in [5, 5.41) is 10.4. The highest BCUT2D eigenvalue weighted by Gasteiger charge is 2.34. The Morgan fingerprint density at radius 3 is 2.35 bits per heavy atom. The van der Waals surface area contributed by atoms with Gasteiger partial charge in [-0.05, 0) is 30.7 Å². The Bertz CT molecular complexity index is 437. The lowest BCUT2D eigenvalue weighted by atomic mass is 9.78. The van der Waals surface area contributed by atoms with Gasteiger partial charge in [0.2, 0.25) is 0 Å². The molecule has 20 heavy (non-hydrogen) atoms. The smallest absolute Gasteiger partial charge is 0.405 e. The van der Waals surface area contributed by atoms with E-state index in [2.05, 4.69) is 11.7 Å². The fourth-order valence-corrected chi connectivity index (χ4v) is 2.80. The molecule has 0 spiro atoms. The van der Waals surface area contributed by atoms with Gasteiger partial charge in [0.25, 0.3) is 0 Å². The van der Waals surface area contributed by atoms with Gasteiger partial charge in [-0.3, -0.25) is 0 Å². The first-order chi connectivity index (χ1) is 9.37. The molecule has 0 amide bonds. The molecule has 112 valence electrons. The molecule has 1 atom stereocenters. The lowest BCUT2D eigenvalue weighted by molar-refractivity contribution is -0.275. The molecule has 1 aliphatic rings. The summed E-state index contributed by atoms with van der Waals surface area (Å²) in [5.74, 6) is 0.329. The minimum Gasteiger partial charge on any atom is -0.405 e. The summed E-state index contributed by atoms with van der Waals surface area (Å²) in [6.07, 6.45) is -1.96. The lowest BCUT2D eigenvalue weighted by Crippen LogP contribution is -2.22. The molecule has 1 saturated carbocycles. The average Bonchev–Trinajstić information content (AvgIpc) is 2.37. The molecular formula is C15H19F3O2. The Kier molecular flexibility index (Phi) is 4.58. The maximum absolute atomic E-state index is 12.4. The van der Waals surface area contributed by atoms with Crippen molar-refractivity contribution >= 4 is 0 Å². The summed E-state index contributed by atoms with van der Waals surface area (Å²) >= 11 is 0. The molecule has 1 unspecified atom stereocenters. The van der Waals surface area contributed by atoms with Crippen LogP contribution in [-0.2, 0) is 0 Å². The topological polar surface area (TPSA) is 29.5 Å². The molecule has 2 nitrogen and oxygen atoms in total. The highest BCUT2D eigenvalue weighted by atomic mass is 19.4. The van der Waals surface area contributed by atoms with Gasteiger partial charge >= 0.3 is 6.36 Å². The van der Waals surface area contributed by atoms with E-state index in [0.717, 1.165) is 25.7 Å². The van der Waals surface area contributed by atoms with E-state index in [1.54, 1.807) is 6.07 Å². The van der Waals surface area contributed by atoms with E-state index in [-0.39, 0.29) is 17.2 Å². The predicted molar refractivity (Wildman–Crippen MR) is 69.2 cm³/mol. The monoisotopic (exact) mass is 288 g/mol. The number of benzene rings is 1. The van der Waals surface area contributed by atoms with Crippen LogP contribution in [0.3, 0.4) is 0 Å². The Hall–Kier alpha value is -1.23. The number of ether oxygens (including phenoxy) is 1. The molecule has 1 fully saturated rings. The standard InChI is InChI=1S/C15H19F3O2/c1-10-6-8-11(9-7-10)14(19)12-4-2-3-5-13(12)20-15(16,17)18/h2-5,10-11,14,19H,6-9H2,1H3. The summed E-state index contributed by atoms with van der Waals surface area (Å²) in [5.41, 5.74) is 0.226. The second-order valence-electron chi connectivity index (χ2n) is 5.55. The molecule has 1 N–H and O–H groups in total. The van der Waals surface area contributed by atoms with Crippen molar-refractivity contribution in [2.45, 2.75) is 45.1 Å². The predicted octanol–water partition coefficient (Wildman–Crippen LogP) is 4.44. The van der Waals surface area contributed by atoms with Crippen LogP contribution in [0.2, 0.25) is 0 Å². The Balaban J connectivity index is 2.15. The number of hydrogen-bond acceptors (Lipinski definition) is 2. The third-order valence-electron chi connectivity index (χ3n) is 3.97. The van der Waals surface area contributed by atoms with Crippen LogP contribution >= 0.6 is 0 Å². The molecule has 0 saturated heterocycles. The van der Waals surface area contributed by atoms with Crippen LogP contribution in [0.1, 0.15) is 44.3 Å². The van der Waals surface area contributed by atoms with E-state index in [0.29, 0.717) is 5.92 Å². The number of alkyl halides is 3. The Labute approximate surface area is 116 Å². The van der Waals surface area contributed by atoms with Gasteiger partial charge in [-0.25, -0.2) is 0 Å². The molecular weight excluding hydrogens is 269 g/mol. The van der Waals surface area contributed by atoms with Crippen molar-refractivity contribution in [1.82, 2.24) is 0 Å². The first-order valence-corrected chi connectivity index (χ1v) is 6.89. The first-order valence-electron chi connectivity index (χ1n) is 6.89. The molecule has 2 rings (SSSR count). The van der Waals surface area contributed by atoms with Crippen molar-refractivity contribution in [3.05, 3.63) is 29.8 Å². The molecule has 0 aromatic heterocycles. The van der Waals surface area contributed by atoms with Crippen LogP contribution in [0.25, 0.3) is 0 Å². The molecule has 0 heterocycles. The fraction of sp³-hybridized carbons (Fsp3) is 0.600. The van der Waals surface area contributed by atoms with E-state index in [9.17, 15) is 18.3 Å². The maximum atomic E-state index is 12.4. The molecule has 0 radical (unpaired) electrons. The zero-order valence-corrected chi connectivity index (χ0v) is 11.4. The minimum absolute atomic E-state index is 0.00387. The zero-order valence-electron chi connectivity index (χ0n) is 11.4. The fourth-order valence-electron chi connectivity index (χ4n) is 2.80. The van der Waals surface area contributed by atoms with E-state index in [1.165, 1.54) is 18.2 Å². The molecule has 1 aliphatic carbocycles. The number of hydrogen-bond donors (Lipinski definition) is 1. The number of aliphatic hydroxyl groups is 1. The quantitative estimate of drug-likeness (QED) is 0.890. The number of aliphatic hydroxyl groups excluding tert-OH is 1. The van der Waals surface area contributed by atoms with Gasteiger partial charge in [-0.1, -0.05) is 38.0 Å². The number of halogens is 3. The molecule has 0 aliphatic heterocycles. The SMILES string of the molecule is CC1CCC(C(O)c2ccccc2OC(F)(F)F)CC1. The normalized spacial score (nSPS) is 25.2. The molecule has 5 heteroatoms. The van der Waals surface area contributed by atoms with Gasteiger partial charge in [0.05, 0.1) is 6.10 Å². The van der Waals surface area contributed by atoms with Gasteiger partial charge in [0.15, 0.2) is 0 Å². The van der Waals surface area contributed by atoms with Crippen LogP contribution in [0.4, 0.5) is 13.2 Å². The van der Waals surface area contributed by atoms with Crippen molar-refractivity contribution in [3.8, 4) is 5.75 Å². The second kappa shape index (κ2) is 6.04. The zero-order chi connectivity index (χ0) is 14.8. The number of para-hydroxylation sites is 1.